The molecular weight excluding hydrogens is 324 g/mol. The number of hydrogen-bond donors (Lipinski definition) is 1. The molecule has 2 heterocycles. The molecule has 4 aromatic rings. The van der Waals surface area contributed by atoms with Crippen LogP contribution < -0.4 is 5.36 Å². The maximum Gasteiger partial charge on any atom is 0.245 e. The minimum atomic E-state index is 0.450. The van der Waals surface area contributed by atoms with Gasteiger partial charge < -0.3 is 4.42 Å². The third kappa shape index (κ3) is 2.81. The van der Waals surface area contributed by atoms with Gasteiger partial charge in [-0.3, -0.25) is 0 Å². The zero-order valence-corrected chi connectivity index (χ0v) is 13.6. The number of halogens is 1. The van der Waals surface area contributed by atoms with Gasteiger partial charge in [0.1, 0.15) is 17.7 Å². The first kappa shape index (κ1) is 14.7. The molecule has 2 aromatic carbocycles. The van der Waals surface area contributed by atoms with E-state index < -0.39 is 0 Å². The molecule has 0 fully saturated rings. The van der Waals surface area contributed by atoms with Crippen molar-refractivity contribution < 1.29 is 4.42 Å². The predicted molar refractivity (Wildman–Crippen MR) is 93.0 cm³/mol. The summed E-state index contributed by atoms with van der Waals surface area (Å²) < 4.78 is 6.05. The minimum absolute atomic E-state index is 0.450. The first-order valence-electron chi connectivity index (χ1n) is 7.39. The van der Waals surface area contributed by atoms with Crippen molar-refractivity contribution in [1.29, 1.82) is 0 Å². The topological polar surface area (TPSA) is 67.1 Å². The van der Waals surface area contributed by atoms with Crippen molar-refractivity contribution in [2.24, 2.45) is 4.99 Å². The molecule has 0 atom stereocenters. The van der Waals surface area contributed by atoms with Crippen molar-refractivity contribution in [3.8, 4) is 11.3 Å². The van der Waals surface area contributed by atoms with Crippen molar-refractivity contribution in [2.75, 3.05) is 0 Å². The van der Waals surface area contributed by atoms with E-state index >= 15 is 0 Å². The number of nitrogens with one attached hydrogen (secondary N) is 1. The predicted octanol–water partition coefficient (Wildman–Crippen LogP) is 4.41. The number of hydrogen-bond acceptors (Lipinski definition) is 4. The summed E-state index contributed by atoms with van der Waals surface area (Å²) in [5.74, 6) is 1.16. The number of aryl methyl sites for hydroxylation is 1. The molecule has 4 rings (SSSR count). The summed E-state index contributed by atoms with van der Waals surface area (Å²) in [6.07, 6.45) is 1.43. The number of aromatic amines is 1. The van der Waals surface area contributed by atoms with E-state index in [1.54, 1.807) is 0 Å². The molecule has 0 radical (unpaired) electrons. The summed E-state index contributed by atoms with van der Waals surface area (Å²) in [5, 5.41) is 8.96. The Balaban J connectivity index is 2.00. The maximum absolute atomic E-state index is 6.05. The van der Waals surface area contributed by atoms with Gasteiger partial charge in [-0.1, -0.05) is 23.2 Å². The highest BCUT2D eigenvalue weighted by Gasteiger charge is 2.07. The van der Waals surface area contributed by atoms with Gasteiger partial charge in [0.05, 0.1) is 5.36 Å². The molecule has 0 aliphatic rings. The first-order chi connectivity index (χ1) is 11.7. The van der Waals surface area contributed by atoms with Crippen LogP contribution in [-0.2, 0) is 0 Å². The molecule has 0 amide bonds. The van der Waals surface area contributed by atoms with Crippen LogP contribution in [0.15, 0.2) is 64.3 Å². The number of aromatic nitrogens is 3. The molecular formula is C18H13ClN4O. The van der Waals surface area contributed by atoms with E-state index in [0.29, 0.717) is 16.7 Å². The standard InChI is InChI=1S/C18H13ClN4O/c1-11-2-7-16-14(8-11)15(22-18-20-10-21-23-18)9-17(24-16)12-3-5-13(19)6-4-12/h2-10H,1H3,(H,20,21,23). The van der Waals surface area contributed by atoms with Crippen LogP contribution in [0.5, 0.6) is 0 Å². The van der Waals surface area contributed by atoms with Gasteiger partial charge in [-0.25, -0.2) is 10.1 Å². The van der Waals surface area contributed by atoms with Crippen molar-refractivity contribution in [3.63, 3.8) is 0 Å². The van der Waals surface area contributed by atoms with Crippen LogP contribution in [0.2, 0.25) is 5.02 Å². The monoisotopic (exact) mass is 336 g/mol. The van der Waals surface area contributed by atoms with Crippen molar-refractivity contribution >= 4 is 28.5 Å². The molecule has 2 aromatic heterocycles. The maximum atomic E-state index is 6.05. The van der Waals surface area contributed by atoms with Gasteiger partial charge in [0.15, 0.2) is 0 Å². The molecule has 0 unspecified atom stereocenters. The highest BCUT2D eigenvalue weighted by Crippen LogP contribution is 2.24. The second kappa shape index (κ2) is 5.94. The number of nitrogens with zero attached hydrogens (tertiary/aromatic N) is 3. The molecule has 6 heteroatoms. The molecule has 118 valence electrons. The Morgan fingerprint density at radius 3 is 2.67 bits per heavy atom. The minimum Gasteiger partial charge on any atom is -0.456 e. The lowest BCUT2D eigenvalue weighted by Crippen LogP contribution is -2.03. The van der Waals surface area contributed by atoms with Crippen molar-refractivity contribution in [1.82, 2.24) is 15.2 Å². The lowest BCUT2D eigenvalue weighted by atomic mass is 10.1. The molecule has 0 aliphatic carbocycles. The molecule has 0 saturated carbocycles. The van der Waals surface area contributed by atoms with Gasteiger partial charge in [0.25, 0.3) is 0 Å². The van der Waals surface area contributed by atoms with E-state index in [-0.39, 0.29) is 0 Å². The van der Waals surface area contributed by atoms with Gasteiger partial charge >= 0.3 is 0 Å². The Kier molecular flexibility index (Phi) is 3.63. The summed E-state index contributed by atoms with van der Waals surface area (Å²) in [7, 11) is 0. The van der Waals surface area contributed by atoms with Crippen LogP contribution in [0, 0.1) is 6.92 Å². The summed E-state index contributed by atoms with van der Waals surface area (Å²) in [6, 6.07) is 15.4. The van der Waals surface area contributed by atoms with E-state index in [9.17, 15) is 0 Å². The van der Waals surface area contributed by atoms with Gasteiger partial charge in [0.2, 0.25) is 5.95 Å². The third-order valence-electron chi connectivity index (χ3n) is 3.66. The number of fused-ring (bicyclic) bond motifs is 1. The van der Waals surface area contributed by atoms with Crippen LogP contribution >= 0.6 is 11.6 Å². The van der Waals surface area contributed by atoms with Crippen LogP contribution in [0.4, 0.5) is 5.95 Å². The first-order valence-corrected chi connectivity index (χ1v) is 7.77. The Labute approximate surface area is 142 Å². The Morgan fingerprint density at radius 2 is 1.92 bits per heavy atom. The molecule has 24 heavy (non-hydrogen) atoms. The smallest absolute Gasteiger partial charge is 0.245 e. The van der Waals surface area contributed by atoms with Crippen molar-refractivity contribution in [2.45, 2.75) is 6.92 Å². The van der Waals surface area contributed by atoms with E-state index in [4.69, 9.17) is 16.0 Å². The van der Waals surface area contributed by atoms with E-state index in [1.165, 1.54) is 6.33 Å². The average Bonchev–Trinajstić information content (AvgIpc) is 3.09. The summed E-state index contributed by atoms with van der Waals surface area (Å²) >= 11 is 5.97. The van der Waals surface area contributed by atoms with E-state index in [0.717, 1.165) is 27.5 Å². The van der Waals surface area contributed by atoms with E-state index in [2.05, 4.69) is 20.2 Å². The molecule has 0 bridgehead atoms. The van der Waals surface area contributed by atoms with Crippen LogP contribution in [0.1, 0.15) is 5.56 Å². The molecule has 5 nitrogen and oxygen atoms in total. The van der Waals surface area contributed by atoms with Gasteiger partial charge in [-0.15, -0.1) is 0 Å². The van der Waals surface area contributed by atoms with Gasteiger partial charge in [0, 0.05) is 22.0 Å². The summed E-state index contributed by atoms with van der Waals surface area (Å²) in [6.45, 7) is 2.03. The highest BCUT2D eigenvalue weighted by atomic mass is 35.5. The summed E-state index contributed by atoms with van der Waals surface area (Å²) in [4.78, 5) is 8.63. The lowest BCUT2D eigenvalue weighted by Gasteiger charge is -2.05. The average molecular weight is 337 g/mol. The molecule has 0 spiro atoms. The number of benzene rings is 2. The fraction of sp³-hybridized carbons (Fsp3) is 0.0556. The largest absolute Gasteiger partial charge is 0.456 e. The normalized spacial score (nSPS) is 12.0. The summed E-state index contributed by atoms with van der Waals surface area (Å²) in [5.41, 5.74) is 2.81. The van der Waals surface area contributed by atoms with Crippen molar-refractivity contribution in [3.05, 3.63) is 70.8 Å². The third-order valence-corrected chi connectivity index (χ3v) is 3.91. The highest BCUT2D eigenvalue weighted by molar-refractivity contribution is 6.30. The second-order valence-electron chi connectivity index (χ2n) is 5.42. The molecule has 1 N–H and O–H groups in total. The second-order valence-corrected chi connectivity index (χ2v) is 5.86. The molecule has 0 aliphatic heterocycles. The number of H-pyrrole nitrogens is 1. The zero-order chi connectivity index (χ0) is 16.5. The fourth-order valence-electron chi connectivity index (χ4n) is 2.50. The SMILES string of the molecule is Cc1ccc2oc(-c3ccc(Cl)cc3)cc(=Nc3ncn[nH]3)c2c1. The Hall–Kier alpha value is -2.92. The Bertz CT molecular complexity index is 1070. The van der Waals surface area contributed by atoms with Crippen LogP contribution in [0.25, 0.3) is 22.3 Å². The van der Waals surface area contributed by atoms with Gasteiger partial charge in [-0.05, 0) is 43.3 Å². The fourth-order valence-corrected chi connectivity index (χ4v) is 2.62. The lowest BCUT2D eigenvalue weighted by molar-refractivity contribution is 0.618. The number of rotatable bonds is 2. The molecule has 0 saturated heterocycles. The van der Waals surface area contributed by atoms with Crippen LogP contribution in [0.3, 0.4) is 0 Å². The van der Waals surface area contributed by atoms with E-state index in [1.807, 2.05) is 55.5 Å². The van der Waals surface area contributed by atoms with Gasteiger partial charge in [-0.2, -0.15) is 10.1 Å². The van der Waals surface area contributed by atoms with Crippen LogP contribution in [-0.4, -0.2) is 15.2 Å². The Morgan fingerprint density at radius 1 is 1.08 bits per heavy atom. The zero-order valence-electron chi connectivity index (χ0n) is 12.8. The quantitative estimate of drug-likeness (QED) is 0.589.